The van der Waals surface area contributed by atoms with Crippen molar-refractivity contribution in [1.29, 1.82) is 5.26 Å². The molecule has 4 rings (SSSR count). The van der Waals surface area contributed by atoms with Gasteiger partial charge in [-0.15, -0.1) is 0 Å². The van der Waals surface area contributed by atoms with Gasteiger partial charge in [-0.2, -0.15) is 5.26 Å². The van der Waals surface area contributed by atoms with E-state index < -0.39 is 26.8 Å². The molecule has 3 aromatic carbocycles. The van der Waals surface area contributed by atoms with Crippen molar-refractivity contribution in [1.82, 2.24) is 4.90 Å². The Morgan fingerprint density at radius 3 is 2.28 bits per heavy atom. The summed E-state index contributed by atoms with van der Waals surface area (Å²) < 4.78 is 40.1. The van der Waals surface area contributed by atoms with Gasteiger partial charge in [0.2, 0.25) is 10.0 Å². The van der Waals surface area contributed by atoms with Crippen LogP contribution in [0.4, 0.5) is 10.5 Å². The summed E-state index contributed by atoms with van der Waals surface area (Å²) in [6.45, 7) is 7.91. The Bertz CT molecular complexity index is 1620. The quantitative estimate of drug-likeness (QED) is 0.328. The predicted octanol–water partition coefficient (Wildman–Crippen LogP) is 5.69. The third-order valence-corrected chi connectivity index (χ3v) is 9.40. The third-order valence-electron chi connectivity index (χ3n) is 7.19. The number of carbonyl (C=O) groups is 2. The van der Waals surface area contributed by atoms with E-state index in [0.29, 0.717) is 48.5 Å². The zero-order valence-electron chi connectivity index (χ0n) is 24.8. The molecule has 3 aromatic rings. The number of hydrogen-bond acceptors (Lipinski definition) is 7. The minimum absolute atomic E-state index is 0.0951. The molecule has 0 bridgehead atoms. The van der Waals surface area contributed by atoms with Gasteiger partial charge >= 0.3 is 12.1 Å². The van der Waals surface area contributed by atoms with Crippen LogP contribution in [0, 0.1) is 11.3 Å². The maximum absolute atomic E-state index is 13.7. The number of carboxylic acids is 1. The minimum Gasteiger partial charge on any atom is -0.490 e. The van der Waals surface area contributed by atoms with Crippen molar-refractivity contribution in [3.05, 3.63) is 71.8 Å². The lowest BCUT2D eigenvalue weighted by Gasteiger charge is -2.33. The molecule has 0 radical (unpaired) electrons. The monoisotopic (exact) mass is 607 g/mol. The van der Waals surface area contributed by atoms with Gasteiger partial charge in [0.1, 0.15) is 17.5 Å². The summed E-state index contributed by atoms with van der Waals surface area (Å²) in [5.41, 5.74) is 0.864. The molecule has 1 atom stereocenters. The second-order valence-corrected chi connectivity index (χ2v) is 13.6. The molecule has 1 fully saturated rings. The first-order valence-electron chi connectivity index (χ1n) is 14.2. The second-order valence-electron chi connectivity index (χ2n) is 11.6. The Morgan fingerprint density at radius 1 is 1.05 bits per heavy atom. The lowest BCUT2D eigenvalue weighted by Crippen LogP contribution is -2.44. The number of carbonyl (C=O) groups excluding carboxylic acids is 1. The van der Waals surface area contributed by atoms with Gasteiger partial charge in [0, 0.05) is 25.9 Å². The molecule has 0 aliphatic carbocycles. The van der Waals surface area contributed by atoms with Crippen molar-refractivity contribution >= 4 is 38.5 Å². The van der Waals surface area contributed by atoms with Crippen molar-refractivity contribution < 1.29 is 32.6 Å². The van der Waals surface area contributed by atoms with Gasteiger partial charge in [0.15, 0.2) is 5.25 Å². The number of benzene rings is 3. The second kappa shape index (κ2) is 12.9. The summed E-state index contributed by atoms with van der Waals surface area (Å²) >= 11 is 0. The van der Waals surface area contributed by atoms with E-state index in [1.165, 1.54) is 6.92 Å². The average molecular weight is 608 g/mol. The van der Waals surface area contributed by atoms with Crippen LogP contribution in [0.2, 0.25) is 0 Å². The number of nitrogens with zero attached hydrogens (tertiary/aromatic N) is 3. The molecule has 1 aliphatic rings. The molecule has 1 aliphatic heterocycles. The van der Waals surface area contributed by atoms with Crippen LogP contribution in [-0.2, 0) is 26.1 Å². The van der Waals surface area contributed by atoms with Crippen molar-refractivity contribution in [2.45, 2.75) is 70.5 Å². The minimum atomic E-state index is -4.31. The van der Waals surface area contributed by atoms with E-state index >= 15 is 0 Å². The molecule has 0 spiro atoms. The van der Waals surface area contributed by atoms with Crippen molar-refractivity contribution in [3.8, 4) is 11.8 Å². The third kappa shape index (κ3) is 7.76. The van der Waals surface area contributed by atoms with Gasteiger partial charge in [0.25, 0.3) is 0 Å². The van der Waals surface area contributed by atoms with Crippen molar-refractivity contribution in [2.24, 2.45) is 0 Å². The molecular formula is C32H37N3O7S. The molecule has 1 heterocycles. The maximum atomic E-state index is 13.7. The summed E-state index contributed by atoms with van der Waals surface area (Å²) in [6.07, 6.45) is 0.666. The molecule has 10 nitrogen and oxygen atoms in total. The molecule has 11 heteroatoms. The Balaban J connectivity index is 1.54. The van der Waals surface area contributed by atoms with Crippen LogP contribution in [0.1, 0.15) is 58.1 Å². The molecule has 228 valence electrons. The Labute approximate surface area is 252 Å². The molecule has 1 saturated heterocycles. The lowest BCUT2D eigenvalue weighted by molar-refractivity contribution is -0.136. The van der Waals surface area contributed by atoms with Gasteiger partial charge in [-0.3, -0.25) is 9.10 Å². The zero-order valence-corrected chi connectivity index (χ0v) is 25.6. The van der Waals surface area contributed by atoms with Crippen LogP contribution in [-0.4, -0.2) is 60.5 Å². The number of ether oxygens (including phenoxy) is 2. The number of hydrogen-bond donors (Lipinski definition) is 1. The van der Waals surface area contributed by atoms with Gasteiger partial charge in [-0.1, -0.05) is 25.1 Å². The fourth-order valence-electron chi connectivity index (χ4n) is 4.99. The Kier molecular flexibility index (Phi) is 9.50. The van der Waals surface area contributed by atoms with E-state index in [-0.39, 0.29) is 25.2 Å². The summed E-state index contributed by atoms with van der Waals surface area (Å²) in [4.78, 5) is 26.0. The fourth-order valence-corrected chi connectivity index (χ4v) is 6.72. The van der Waals surface area contributed by atoms with Gasteiger partial charge in [-0.05, 0) is 86.0 Å². The van der Waals surface area contributed by atoms with E-state index in [1.54, 1.807) is 47.4 Å². The summed E-state index contributed by atoms with van der Waals surface area (Å²) in [7, 11) is -4.31. The highest BCUT2D eigenvalue weighted by Gasteiger charge is 2.37. The summed E-state index contributed by atoms with van der Waals surface area (Å²) in [6, 6.07) is 19.4. The number of aliphatic carboxylic acids is 1. The van der Waals surface area contributed by atoms with E-state index in [0.717, 1.165) is 15.1 Å². The van der Waals surface area contributed by atoms with Crippen molar-refractivity contribution in [2.75, 3.05) is 17.4 Å². The smallest absolute Gasteiger partial charge is 0.410 e. The van der Waals surface area contributed by atoms with Gasteiger partial charge in [0.05, 0.1) is 23.9 Å². The average Bonchev–Trinajstić information content (AvgIpc) is 2.95. The molecule has 0 aromatic heterocycles. The topological polar surface area (TPSA) is 137 Å². The van der Waals surface area contributed by atoms with E-state index in [2.05, 4.69) is 6.07 Å². The molecular weight excluding hydrogens is 570 g/mol. The normalized spacial score (nSPS) is 15.0. The number of piperidine rings is 1. The maximum Gasteiger partial charge on any atom is 0.410 e. The van der Waals surface area contributed by atoms with E-state index in [4.69, 9.17) is 9.47 Å². The molecule has 1 amide bonds. The highest BCUT2D eigenvalue weighted by atomic mass is 32.2. The lowest BCUT2D eigenvalue weighted by atomic mass is 10.0. The standard InChI is InChI=1S/C32H37N3O7S/c1-5-29(30(36)37)43(39,40)35(21-23-7-9-24-8-6-22(20-33)18-25(24)19-23)26-10-12-27(13-11-26)41-28-14-16-34(17-15-28)31(38)42-32(2,3)4/h6-13,18-19,28-29H,5,14-17,21H2,1-4H3,(H,36,37). The first-order chi connectivity index (χ1) is 20.3. The highest BCUT2D eigenvalue weighted by Crippen LogP contribution is 2.29. The van der Waals surface area contributed by atoms with Crippen LogP contribution in [0.5, 0.6) is 5.75 Å². The van der Waals surface area contributed by atoms with Crippen molar-refractivity contribution in [3.63, 3.8) is 0 Å². The Morgan fingerprint density at radius 2 is 1.70 bits per heavy atom. The first kappa shape index (κ1) is 31.6. The summed E-state index contributed by atoms with van der Waals surface area (Å²) in [5.74, 6) is -0.876. The molecule has 0 saturated carbocycles. The number of amides is 1. The van der Waals surface area contributed by atoms with E-state index in [9.17, 15) is 28.4 Å². The SMILES string of the molecule is CCC(C(=O)O)S(=O)(=O)N(Cc1ccc2ccc(C#N)cc2c1)c1ccc(OC2CCN(C(=O)OC(C)(C)C)CC2)cc1. The molecule has 1 N–H and O–H groups in total. The first-order valence-corrected chi connectivity index (χ1v) is 15.7. The predicted molar refractivity (Wildman–Crippen MR) is 163 cm³/mol. The summed E-state index contributed by atoms with van der Waals surface area (Å²) in [5, 5.41) is 19.0. The highest BCUT2D eigenvalue weighted by molar-refractivity contribution is 7.94. The fraction of sp³-hybridized carbons (Fsp3) is 0.406. The van der Waals surface area contributed by atoms with Crippen LogP contribution < -0.4 is 9.04 Å². The van der Waals surface area contributed by atoms with Crippen LogP contribution >= 0.6 is 0 Å². The largest absolute Gasteiger partial charge is 0.490 e. The van der Waals surface area contributed by atoms with Crippen LogP contribution in [0.15, 0.2) is 60.7 Å². The van der Waals surface area contributed by atoms with Crippen LogP contribution in [0.25, 0.3) is 10.8 Å². The molecule has 43 heavy (non-hydrogen) atoms. The van der Waals surface area contributed by atoms with Crippen LogP contribution in [0.3, 0.4) is 0 Å². The van der Waals surface area contributed by atoms with Gasteiger partial charge in [-0.25, -0.2) is 13.2 Å². The van der Waals surface area contributed by atoms with Gasteiger partial charge < -0.3 is 19.5 Å². The Hall–Kier alpha value is -4.30. The number of likely N-dealkylation sites (tertiary alicyclic amines) is 1. The molecule has 1 unspecified atom stereocenters. The van der Waals surface area contributed by atoms with E-state index in [1.807, 2.05) is 39.0 Å². The number of fused-ring (bicyclic) bond motifs is 1. The number of anilines is 1. The number of nitriles is 1. The number of rotatable bonds is 9. The number of sulfonamides is 1. The zero-order chi connectivity index (χ0) is 31.4. The number of carboxylic acid groups (broad SMARTS) is 1.